The van der Waals surface area contributed by atoms with Gasteiger partial charge < -0.3 is 9.73 Å². The highest BCUT2D eigenvalue weighted by Crippen LogP contribution is 2.21. The number of nitrogens with zero attached hydrogens (tertiary/aromatic N) is 2. The molecule has 2 aliphatic heterocycles. The molecule has 4 rings (SSSR count). The normalized spacial score (nSPS) is 18.6. The summed E-state index contributed by atoms with van der Waals surface area (Å²) in [5.41, 5.74) is 4.02. The Kier molecular flexibility index (Phi) is 6.36. The van der Waals surface area contributed by atoms with Crippen molar-refractivity contribution in [1.29, 1.82) is 0 Å². The maximum absolute atomic E-state index is 12.8. The quantitative estimate of drug-likeness (QED) is 0.778. The topological polar surface area (TPSA) is 48.7 Å². The molecule has 1 saturated heterocycles. The average Bonchev–Trinajstić information content (AvgIpc) is 3.38. The number of nitrogens with one attached hydrogen (secondary N) is 1. The lowest BCUT2D eigenvalue weighted by Gasteiger charge is -2.30. The highest BCUT2D eigenvalue weighted by atomic mass is 16.4. The third-order valence-electron chi connectivity index (χ3n) is 6.15. The monoisotopic (exact) mass is 395 g/mol. The van der Waals surface area contributed by atoms with Crippen LogP contribution in [-0.4, -0.2) is 47.9 Å². The smallest absolute Gasteiger partial charge is 0.287 e. The fraction of sp³-hybridized carbons (Fsp3) is 0.542. The summed E-state index contributed by atoms with van der Waals surface area (Å²) in [6.45, 7) is 10.2. The highest BCUT2D eigenvalue weighted by Gasteiger charge is 2.22. The van der Waals surface area contributed by atoms with Crippen LogP contribution in [-0.2, 0) is 25.9 Å². The van der Waals surface area contributed by atoms with Crippen LogP contribution in [0.25, 0.3) is 0 Å². The van der Waals surface area contributed by atoms with Crippen LogP contribution >= 0.6 is 0 Å². The number of carbonyl (C=O) groups is 1. The molecule has 1 aromatic carbocycles. The first-order chi connectivity index (χ1) is 14.1. The molecule has 2 aliphatic rings. The Balaban J connectivity index is 1.33. The molecule has 1 atom stereocenters. The molecular formula is C24H33N3O2. The van der Waals surface area contributed by atoms with Crippen LogP contribution in [0.15, 0.2) is 34.7 Å². The van der Waals surface area contributed by atoms with Crippen molar-refractivity contribution in [2.75, 3.05) is 26.2 Å². The van der Waals surface area contributed by atoms with Gasteiger partial charge in [-0.15, -0.1) is 0 Å². The number of hydrogen-bond donors (Lipinski definition) is 1. The molecule has 1 fully saturated rings. The number of hydrogen-bond acceptors (Lipinski definition) is 4. The van der Waals surface area contributed by atoms with E-state index in [1.165, 1.54) is 29.5 Å². The van der Waals surface area contributed by atoms with E-state index in [1.54, 1.807) is 0 Å². The van der Waals surface area contributed by atoms with E-state index in [1.807, 2.05) is 6.07 Å². The minimum atomic E-state index is -0.0997. The van der Waals surface area contributed by atoms with E-state index in [4.69, 9.17) is 4.42 Å². The molecule has 1 aromatic heterocycles. The average molecular weight is 396 g/mol. The number of amides is 1. The van der Waals surface area contributed by atoms with Gasteiger partial charge in [-0.1, -0.05) is 31.2 Å². The number of carbonyl (C=O) groups excluding carboxylic acids is 1. The van der Waals surface area contributed by atoms with Gasteiger partial charge in [0.2, 0.25) is 0 Å². The zero-order valence-corrected chi connectivity index (χ0v) is 17.7. The summed E-state index contributed by atoms with van der Waals surface area (Å²) < 4.78 is 5.92. The molecule has 29 heavy (non-hydrogen) atoms. The van der Waals surface area contributed by atoms with E-state index < -0.39 is 0 Å². The number of likely N-dealkylation sites (tertiary alicyclic amines) is 1. The first-order valence-electron chi connectivity index (χ1n) is 11.1. The lowest BCUT2D eigenvalue weighted by Crippen LogP contribution is -2.43. The van der Waals surface area contributed by atoms with Gasteiger partial charge in [0.15, 0.2) is 5.76 Å². The van der Waals surface area contributed by atoms with Crippen molar-refractivity contribution in [2.45, 2.75) is 58.7 Å². The number of aryl methyl sites for hydroxylation is 1. The van der Waals surface area contributed by atoms with Crippen molar-refractivity contribution < 1.29 is 9.21 Å². The number of fused-ring (bicyclic) bond motifs is 1. The van der Waals surface area contributed by atoms with Crippen LogP contribution in [0, 0.1) is 0 Å². The van der Waals surface area contributed by atoms with Gasteiger partial charge in [0.1, 0.15) is 5.76 Å². The third-order valence-corrected chi connectivity index (χ3v) is 6.15. The van der Waals surface area contributed by atoms with Crippen molar-refractivity contribution >= 4 is 5.91 Å². The number of benzene rings is 1. The van der Waals surface area contributed by atoms with Crippen LogP contribution in [0.5, 0.6) is 0 Å². The minimum Gasteiger partial charge on any atom is -0.456 e. The van der Waals surface area contributed by atoms with Crippen LogP contribution in [0.4, 0.5) is 0 Å². The van der Waals surface area contributed by atoms with Crippen LogP contribution in [0.2, 0.25) is 0 Å². The van der Waals surface area contributed by atoms with E-state index in [2.05, 4.69) is 53.2 Å². The minimum absolute atomic E-state index is 0.0740. The molecule has 0 radical (unpaired) electrons. The summed E-state index contributed by atoms with van der Waals surface area (Å²) in [4.78, 5) is 17.6. The number of rotatable bonds is 7. The van der Waals surface area contributed by atoms with Crippen LogP contribution in [0.1, 0.15) is 59.7 Å². The van der Waals surface area contributed by atoms with E-state index in [-0.39, 0.29) is 11.9 Å². The Morgan fingerprint density at radius 2 is 1.90 bits per heavy atom. The van der Waals surface area contributed by atoms with E-state index in [0.717, 1.165) is 57.9 Å². The molecular weight excluding hydrogens is 362 g/mol. The second-order valence-corrected chi connectivity index (χ2v) is 8.52. The molecule has 2 aromatic rings. The van der Waals surface area contributed by atoms with Crippen LogP contribution < -0.4 is 5.32 Å². The van der Waals surface area contributed by atoms with Gasteiger partial charge in [-0.2, -0.15) is 0 Å². The Hall–Kier alpha value is -2.11. The summed E-state index contributed by atoms with van der Waals surface area (Å²) in [6.07, 6.45) is 4.43. The summed E-state index contributed by atoms with van der Waals surface area (Å²) in [7, 11) is 0. The Morgan fingerprint density at radius 3 is 2.66 bits per heavy atom. The van der Waals surface area contributed by atoms with E-state index in [0.29, 0.717) is 5.76 Å². The summed E-state index contributed by atoms with van der Waals surface area (Å²) in [6, 6.07) is 10.7. The molecule has 156 valence electrons. The Labute approximate surface area is 174 Å². The van der Waals surface area contributed by atoms with Crippen molar-refractivity contribution in [3.05, 3.63) is 58.5 Å². The van der Waals surface area contributed by atoms with E-state index >= 15 is 0 Å². The molecule has 5 heteroatoms. The summed E-state index contributed by atoms with van der Waals surface area (Å²) in [5, 5.41) is 3.14. The van der Waals surface area contributed by atoms with Crippen molar-refractivity contribution in [2.24, 2.45) is 0 Å². The van der Waals surface area contributed by atoms with Crippen molar-refractivity contribution in [3.63, 3.8) is 0 Å². The van der Waals surface area contributed by atoms with Gasteiger partial charge in [-0.25, -0.2) is 0 Å². The maximum atomic E-state index is 12.8. The molecule has 3 heterocycles. The maximum Gasteiger partial charge on any atom is 0.287 e. The number of furan rings is 1. The Bertz CT molecular complexity index is 838. The van der Waals surface area contributed by atoms with Gasteiger partial charge >= 0.3 is 0 Å². The van der Waals surface area contributed by atoms with Crippen molar-refractivity contribution in [3.8, 4) is 0 Å². The first-order valence-corrected chi connectivity index (χ1v) is 11.1. The lowest BCUT2D eigenvalue weighted by molar-refractivity contribution is 0.0897. The van der Waals surface area contributed by atoms with Crippen molar-refractivity contribution in [1.82, 2.24) is 15.1 Å². The molecule has 0 aliphatic carbocycles. The molecule has 1 amide bonds. The van der Waals surface area contributed by atoms with Gasteiger partial charge in [0.05, 0.1) is 0 Å². The molecule has 0 spiro atoms. The first kappa shape index (κ1) is 20.2. The summed E-state index contributed by atoms with van der Waals surface area (Å²) >= 11 is 0. The van der Waals surface area contributed by atoms with E-state index in [9.17, 15) is 4.79 Å². The Morgan fingerprint density at radius 1 is 1.14 bits per heavy atom. The highest BCUT2D eigenvalue weighted by molar-refractivity contribution is 5.92. The fourth-order valence-corrected chi connectivity index (χ4v) is 4.63. The molecule has 5 nitrogen and oxygen atoms in total. The molecule has 1 unspecified atom stereocenters. The van der Waals surface area contributed by atoms with Gasteiger partial charge in [-0.3, -0.25) is 14.6 Å². The summed E-state index contributed by atoms with van der Waals surface area (Å²) in [5.74, 6) is 1.30. The third kappa shape index (κ3) is 4.90. The van der Waals surface area contributed by atoms with Crippen LogP contribution in [0.3, 0.4) is 0 Å². The van der Waals surface area contributed by atoms with Gasteiger partial charge in [-0.05, 0) is 56.5 Å². The second-order valence-electron chi connectivity index (χ2n) is 8.52. The van der Waals surface area contributed by atoms with Gasteiger partial charge in [0, 0.05) is 44.2 Å². The standard InChI is InChI=1S/C24H33N3O2/c1-3-22-21(17-26-11-6-7-12-26)14-23(29-22)24(28)25-18(2)15-27-13-10-19-8-4-5-9-20(19)16-27/h4-5,8-9,14,18H,3,6-7,10-13,15-17H2,1-2H3,(H,25,28). The molecule has 0 saturated carbocycles. The lowest BCUT2D eigenvalue weighted by atomic mass is 10.00. The fourth-order valence-electron chi connectivity index (χ4n) is 4.63. The predicted molar refractivity (Wildman–Crippen MR) is 115 cm³/mol. The largest absolute Gasteiger partial charge is 0.456 e. The SMILES string of the molecule is CCc1oc(C(=O)NC(C)CN2CCc3ccccc3C2)cc1CN1CCCC1. The second kappa shape index (κ2) is 9.14. The zero-order valence-electron chi connectivity index (χ0n) is 17.7. The zero-order chi connectivity index (χ0) is 20.2. The molecule has 0 bridgehead atoms. The van der Waals surface area contributed by atoms with Gasteiger partial charge in [0.25, 0.3) is 5.91 Å². The molecule has 1 N–H and O–H groups in total. The predicted octanol–water partition coefficient (Wildman–Crippen LogP) is 3.61.